The fourth-order valence-electron chi connectivity index (χ4n) is 3.03. The van der Waals surface area contributed by atoms with Crippen LogP contribution < -0.4 is 5.32 Å². The maximum atomic E-state index is 10.8. The minimum absolute atomic E-state index is 0.0683. The van der Waals surface area contributed by atoms with Gasteiger partial charge in [0.15, 0.2) is 0 Å². The summed E-state index contributed by atoms with van der Waals surface area (Å²) < 4.78 is 17.2. The van der Waals surface area contributed by atoms with Crippen molar-refractivity contribution >= 4 is 5.97 Å². The van der Waals surface area contributed by atoms with Gasteiger partial charge in [-0.3, -0.25) is 10.1 Å². The molecule has 1 rings (SSSR count). The number of nitrogens with one attached hydrogen (secondary N) is 1. The molecule has 4 atom stereocenters. The average molecular weight is 331 g/mol. The van der Waals surface area contributed by atoms with Gasteiger partial charge in [-0.15, -0.1) is 0 Å². The molecule has 0 aromatic carbocycles. The van der Waals surface area contributed by atoms with Crippen molar-refractivity contribution in [2.24, 2.45) is 5.92 Å². The predicted molar refractivity (Wildman–Crippen MR) is 88.7 cm³/mol. The van der Waals surface area contributed by atoms with E-state index >= 15 is 0 Å². The molecule has 0 amide bonds. The molecule has 0 unspecified atom stereocenters. The number of rotatable bonds is 12. The maximum absolute atomic E-state index is 10.8. The Morgan fingerprint density at radius 1 is 1.30 bits per heavy atom. The third-order valence-electron chi connectivity index (χ3n) is 4.32. The van der Waals surface area contributed by atoms with Gasteiger partial charge in [0.1, 0.15) is 0 Å². The Kier molecular flexibility index (Phi) is 10.4. The molecule has 1 aliphatic heterocycles. The minimum Gasteiger partial charge on any atom is -0.480 e. The number of carboxylic acids is 1. The highest BCUT2D eigenvalue weighted by Gasteiger charge is 2.38. The first-order valence-electron chi connectivity index (χ1n) is 8.77. The predicted octanol–water partition coefficient (Wildman–Crippen LogP) is 2.07. The molecule has 0 aromatic rings. The van der Waals surface area contributed by atoms with Crippen molar-refractivity contribution in [3.63, 3.8) is 0 Å². The van der Waals surface area contributed by atoms with Gasteiger partial charge in [-0.1, -0.05) is 39.5 Å². The van der Waals surface area contributed by atoms with Crippen LogP contribution in [0.1, 0.15) is 46.0 Å². The normalized spacial score (nSPS) is 28.0. The molecule has 23 heavy (non-hydrogen) atoms. The number of carboxylic acid groups (broad SMARTS) is 1. The third-order valence-corrected chi connectivity index (χ3v) is 4.32. The molecule has 6 heteroatoms. The van der Waals surface area contributed by atoms with Crippen LogP contribution in [0.5, 0.6) is 0 Å². The summed E-state index contributed by atoms with van der Waals surface area (Å²) >= 11 is 0. The van der Waals surface area contributed by atoms with Crippen LogP contribution in [0.25, 0.3) is 0 Å². The third kappa shape index (κ3) is 7.61. The molecule has 0 spiro atoms. The van der Waals surface area contributed by atoms with Crippen LogP contribution in [0.3, 0.4) is 0 Å². The van der Waals surface area contributed by atoms with E-state index in [1.54, 1.807) is 7.11 Å². The zero-order valence-electron chi connectivity index (χ0n) is 14.8. The summed E-state index contributed by atoms with van der Waals surface area (Å²) in [6.07, 6.45) is 5.78. The summed E-state index contributed by atoms with van der Waals surface area (Å²) in [4.78, 5) is 10.8. The highest BCUT2D eigenvalue weighted by atomic mass is 16.5. The topological polar surface area (TPSA) is 77.0 Å². The molecule has 1 saturated heterocycles. The molecule has 1 heterocycles. The van der Waals surface area contributed by atoms with Gasteiger partial charge < -0.3 is 19.3 Å². The van der Waals surface area contributed by atoms with Crippen molar-refractivity contribution in [3.05, 3.63) is 0 Å². The lowest BCUT2D eigenvalue weighted by molar-refractivity contribution is -0.144. The smallest absolute Gasteiger partial charge is 0.317 e. The highest BCUT2D eigenvalue weighted by molar-refractivity contribution is 5.69. The van der Waals surface area contributed by atoms with Gasteiger partial charge in [0.05, 0.1) is 38.0 Å². The molecule has 0 aromatic heterocycles. The van der Waals surface area contributed by atoms with E-state index in [-0.39, 0.29) is 30.7 Å². The Morgan fingerprint density at radius 3 is 2.70 bits per heavy atom. The van der Waals surface area contributed by atoms with Gasteiger partial charge in [-0.25, -0.2) is 0 Å². The second-order valence-electron chi connectivity index (χ2n) is 6.34. The zero-order valence-corrected chi connectivity index (χ0v) is 14.8. The number of hydrogen-bond donors (Lipinski definition) is 2. The van der Waals surface area contributed by atoms with Crippen LogP contribution in [0.4, 0.5) is 0 Å². The van der Waals surface area contributed by atoms with E-state index in [0.29, 0.717) is 13.2 Å². The molecule has 0 radical (unpaired) electrons. The second kappa shape index (κ2) is 11.8. The monoisotopic (exact) mass is 331 g/mol. The number of aliphatic carboxylic acids is 1. The quantitative estimate of drug-likeness (QED) is 0.533. The van der Waals surface area contributed by atoms with Crippen LogP contribution >= 0.6 is 0 Å². The summed E-state index contributed by atoms with van der Waals surface area (Å²) in [6.45, 7) is 5.95. The first kappa shape index (κ1) is 20.4. The average Bonchev–Trinajstić information content (AvgIpc) is 2.53. The lowest BCUT2D eigenvalue weighted by Crippen LogP contribution is -2.59. The molecular formula is C17H33NO5. The lowest BCUT2D eigenvalue weighted by atomic mass is 9.91. The van der Waals surface area contributed by atoms with Crippen molar-refractivity contribution in [1.82, 2.24) is 5.32 Å². The van der Waals surface area contributed by atoms with E-state index in [9.17, 15) is 4.79 Å². The van der Waals surface area contributed by atoms with Crippen molar-refractivity contribution in [3.8, 4) is 0 Å². The number of methoxy groups -OCH3 is 1. The molecule has 0 saturated carbocycles. The number of ether oxygens (including phenoxy) is 3. The van der Waals surface area contributed by atoms with E-state index in [0.717, 1.165) is 13.0 Å². The van der Waals surface area contributed by atoms with Crippen LogP contribution in [0.2, 0.25) is 0 Å². The number of unbranched alkanes of at least 4 members (excludes halogenated alkanes) is 4. The van der Waals surface area contributed by atoms with Crippen molar-refractivity contribution in [2.75, 3.05) is 33.5 Å². The highest BCUT2D eigenvalue weighted by Crippen LogP contribution is 2.23. The summed E-state index contributed by atoms with van der Waals surface area (Å²) in [5, 5.41) is 11.9. The standard InChI is InChI=1S/C17H33NO5/c1-4-5-6-7-8-9-22-12-14-16(18-10-15(19)20)17(21-3)13(2)11-23-14/h13-14,16-18H,4-12H2,1-3H3,(H,19,20)/t13-,14+,16-,17-/m0/s1. The van der Waals surface area contributed by atoms with E-state index in [2.05, 4.69) is 19.2 Å². The molecule has 2 N–H and O–H groups in total. The van der Waals surface area contributed by atoms with E-state index in [1.807, 2.05) is 0 Å². The molecule has 0 bridgehead atoms. The van der Waals surface area contributed by atoms with Crippen molar-refractivity contribution in [1.29, 1.82) is 0 Å². The van der Waals surface area contributed by atoms with Crippen LogP contribution in [0, 0.1) is 5.92 Å². The zero-order chi connectivity index (χ0) is 17.1. The Hall–Kier alpha value is -0.690. The van der Waals surface area contributed by atoms with E-state index < -0.39 is 5.97 Å². The summed E-state index contributed by atoms with van der Waals surface area (Å²) in [6, 6.07) is -0.167. The van der Waals surface area contributed by atoms with Gasteiger partial charge in [-0.2, -0.15) is 0 Å². The van der Waals surface area contributed by atoms with E-state index in [4.69, 9.17) is 19.3 Å². The Bertz CT molecular complexity index is 326. The van der Waals surface area contributed by atoms with Crippen molar-refractivity contribution in [2.45, 2.75) is 64.2 Å². The summed E-state index contributed by atoms with van der Waals surface area (Å²) in [7, 11) is 1.66. The molecular weight excluding hydrogens is 298 g/mol. The first-order chi connectivity index (χ1) is 11.1. The molecule has 1 aliphatic rings. The largest absolute Gasteiger partial charge is 0.480 e. The molecule has 0 aliphatic carbocycles. The summed E-state index contributed by atoms with van der Waals surface area (Å²) in [5.41, 5.74) is 0. The Balaban J connectivity index is 2.38. The fourth-order valence-corrected chi connectivity index (χ4v) is 3.03. The van der Waals surface area contributed by atoms with Crippen LogP contribution in [0.15, 0.2) is 0 Å². The van der Waals surface area contributed by atoms with Gasteiger partial charge in [0, 0.05) is 19.6 Å². The molecule has 136 valence electrons. The molecule has 6 nitrogen and oxygen atoms in total. The minimum atomic E-state index is -0.881. The van der Waals surface area contributed by atoms with Gasteiger partial charge in [0.2, 0.25) is 0 Å². The Morgan fingerprint density at radius 2 is 2.04 bits per heavy atom. The van der Waals surface area contributed by atoms with Crippen LogP contribution in [-0.2, 0) is 19.0 Å². The number of carbonyl (C=O) groups is 1. The number of hydrogen-bond acceptors (Lipinski definition) is 5. The fraction of sp³-hybridized carbons (Fsp3) is 0.941. The summed E-state index contributed by atoms with van der Waals surface area (Å²) in [5.74, 6) is -0.662. The van der Waals surface area contributed by atoms with Gasteiger partial charge in [0.25, 0.3) is 0 Å². The SMILES string of the molecule is CCCCCCCOC[C@H]1OC[C@H](C)[C@H](OC)[C@H]1NCC(=O)O. The maximum Gasteiger partial charge on any atom is 0.317 e. The lowest BCUT2D eigenvalue weighted by Gasteiger charge is -2.41. The van der Waals surface area contributed by atoms with Crippen molar-refractivity contribution < 1.29 is 24.1 Å². The Labute approximate surface area is 139 Å². The molecule has 1 fully saturated rings. The van der Waals surface area contributed by atoms with Gasteiger partial charge in [-0.05, 0) is 6.42 Å². The van der Waals surface area contributed by atoms with Crippen LogP contribution in [-0.4, -0.2) is 62.8 Å². The van der Waals surface area contributed by atoms with E-state index in [1.165, 1.54) is 25.7 Å². The van der Waals surface area contributed by atoms with Gasteiger partial charge >= 0.3 is 5.97 Å². The first-order valence-corrected chi connectivity index (χ1v) is 8.77. The second-order valence-corrected chi connectivity index (χ2v) is 6.34.